The Balaban J connectivity index is 0.000000305. The lowest BCUT2D eigenvalue weighted by Gasteiger charge is -2.28. The highest BCUT2D eigenvalue weighted by atomic mass is 35.5. The number of hydrogen-bond acceptors (Lipinski definition) is 11. The van der Waals surface area contributed by atoms with Gasteiger partial charge in [-0.1, -0.05) is 118 Å². The van der Waals surface area contributed by atoms with Crippen LogP contribution < -0.4 is 60.4 Å². The molecule has 96 heavy (non-hydrogen) atoms. The first-order chi connectivity index (χ1) is 46.3. The smallest absolute Gasteiger partial charge is 0.412 e. The van der Waals surface area contributed by atoms with Crippen LogP contribution >= 0.6 is 11.6 Å². The van der Waals surface area contributed by atoms with Crippen molar-refractivity contribution in [1.29, 1.82) is 0 Å². The second-order valence-electron chi connectivity index (χ2n) is 23.8. The number of anilines is 7. The number of fused-ring (bicyclic) bond motifs is 1. The van der Waals surface area contributed by atoms with E-state index in [4.69, 9.17) is 25.8 Å². The van der Waals surface area contributed by atoms with Crippen LogP contribution in [0.5, 0.6) is 23.0 Å². The fraction of sp³-hybridized carbons (Fsp3) is 0.416. The number of aryl methyl sites for hydroxylation is 4. The number of unbranched alkanes of at least 4 members (excludes halogenated alkanes) is 4. The van der Waals surface area contributed by atoms with Crippen LogP contribution in [0.3, 0.4) is 0 Å². The predicted molar refractivity (Wildman–Crippen MR) is 394 cm³/mol. The Labute approximate surface area is 574 Å². The number of carbonyl (C=O) groups is 5. The van der Waals surface area contributed by atoms with Crippen molar-refractivity contribution in [1.82, 2.24) is 21.3 Å². The topological polar surface area (TPSA) is 206 Å². The van der Waals surface area contributed by atoms with Gasteiger partial charge in [-0.05, 0) is 190 Å². The summed E-state index contributed by atoms with van der Waals surface area (Å²) in [6.07, 6.45) is 5.44. The monoisotopic (exact) mass is 1330 g/mol. The molecule has 6 N–H and O–H groups in total. The lowest BCUT2D eigenvalue weighted by molar-refractivity contribution is -0.122. The number of benzene rings is 7. The lowest BCUT2D eigenvalue weighted by Crippen LogP contribution is -2.38. The molecule has 0 aromatic heterocycles. The van der Waals surface area contributed by atoms with Crippen molar-refractivity contribution in [2.45, 2.75) is 154 Å². The minimum absolute atomic E-state index is 0.0279. The number of nitrogens with zero attached hydrogens (tertiary/aromatic N) is 4. The molecule has 7 aromatic carbocycles. The van der Waals surface area contributed by atoms with Gasteiger partial charge in [0.15, 0.2) is 11.9 Å². The Morgan fingerprint density at radius 1 is 0.521 bits per heavy atom. The SMILES string of the molecule is CCCCNC(=O)N(c1ccc(N(CC)CC)cc1)c1cc(C(=O)NCCCCOc2ccc(C)cc2C)c(O)c2ccccc12.CCCCNC(=O)Oc1c(NC(=O)C(CC)Oc2ccc(C)cc2C)cc(N(C(=O)NCCCC)c2ccc(N(CC)CC)cc2)c(C)c1Cl. The van der Waals surface area contributed by atoms with Crippen LogP contribution in [-0.4, -0.2) is 100 Å². The number of hydrogen-bond donors (Lipinski definition) is 6. The maximum Gasteiger partial charge on any atom is 0.412 e. The van der Waals surface area contributed by atoms with Crippen molar-refractivity contribution in [2.75, 3.05) is 83.9 Å². The van der Waals surface area contributed by atoms with Gasteiger partial charge in [0.25, 0.3) is 11.8 Å². The van der Waals surface area contributed by atoms with E-state index in [1.807, 2.05) is 132 Å². The van der Waals surface area contributed by atoms with Crippen molar-refractivity contribution in [3.63, 3.8) is 0 Å². The standard InChI is InChI=1S/C39H54ClN5O5.C38H48N4O4/c1-9-14-22-41-38(47)45(30-19-17-29(18-20-30)44(12-4)13-5)32-25-31(36(35(40)28(32)8)50-39(48)42-23-15-10-2)43-37(46)33(11-3)49-34-21-16-26(6)24-27(34)7;1-6-9-22-40-38(45)42(30-19-17-29(18-20-30)41(7-2)8-3)34-26-33(36(43)32-15-11-10-14-31(32)34)37(44)39-23-12-13-24-46-35-21-16-27(4)25-28(35)5/h16-21,24-25,33H,9-15,22-23H2,1-8H3,(H,41,47)(H,42,48)(H,43,46);10-11,14-21,25-26,43H,6-9,12-13,22-24H2,1-5H3,(H,39,44)(H,40,45). The van der Waals surface area contributed by atoms with E-state index in [1.54, 1.807) is 30.0 Å². The molecule has 0 spiro atoms. The summed E-state index contributed by atoms with van der Waals surface area (Å²) >= 11 is 6.99. The summed E-state index contributed by atoms with van der Waals surface area (Å²) in [5.41, 5.74) is 9.30. The first-order valence-electron chi connectivity index (χ1n) is 34.2. The number of rotatable bonds is 32. The zero-order valence-corrected chi connectivity index (χ0v) is 59.5. The minimum Gasteiger partial charge on any atom is -0.506 e. The highest BCUT2D eigenvalue weighted by Gasteiger charge is 2.30. The van der Waals surface area contributed by atoms with Gasteiger partial charge in [0.2, 0.25) is 0 Å². The van der Waals surface area contributed by atoms with Crippen molar-refractivity contribution < 1.29 is 43.3 Å². The normalized spacial score (nSPS) is 11.1. The summed E-state index contributed by atoms with van der Waals surface area (Å²) in [5.74, 6) is 0.461. The van der Waals surface area contributed by atoms with E-state index in [0.717, 1.165) is 105 Å². The number of aromatic hydroxyl groups is 1. The van der Waals surface area contributed by atoms with Gasteiger partial charge in [0.1, 0.15) is 17.2 Å². The van der Waals surface area contributed by atoms with Gasteiger partial charge in [0.05, 0.1) is 45.6 Å². The lowest BCUT2D eigenvalue weighted by atomic mass is 10.0. The van der Waals surface area contributed by atoms with Crippen molar-refractivity contribution in [2.24, 2.45) is 0 Å². The number of ether oxygens (including phenoxy) is 3. The second-order valence-corrected chi connectivity index (χ2v) is 24.2. The molecule has 0 aliphatic carbocycles. The van der Waals surface area contributed by atoms with Crippen LogP contribution in [-0.2, 0) is 4.79 Å². The fourth-order valence-electron chi connectivity index (χ4n) is 11.1. The van der Waals surface area contributed by atoms with Crippen molar-refractivity contribution >= 4 is 92.2 Å². The van der Waals surface area contributed by atoms with Gasteiger partial charge in [-0.3, -0.25) is 19.4 Å². The summed E-state index contributed by atoms with van der Waals surface area (Å²) < 4.78 is 17.8. The quantitative estimate of drug-likeness (QED) is 0.0219. The zero-order valence-electron chi connectivity index (χ0n) is 58.7. The first-order valence-corrected chi connectivity index (χ1v) is 34.6. The molecular formula is C77H102ClN9O9. The van der Waals surface area contributed by atoms with Crippen LogP contribution in [0.25, 0.3) is 10.8 Å². The molecule has 0 aliphatic heterocycles. The Kier molecular flexibility index (Phi) is 30.3. The number of urea groups is 2. The molecule has 0 radical (unpaired) electrons. The van der Waals surface area contributed by atoms with Crippen molar-refractivity contribution in [3.8, 4) is 23.0 Å². The Morgan fingerprint density at radius 3 is 1.50 bits per heavy atom. The second kappa shape index (κ2) is 38.4. The molecule has 19 heteroatoms. The average Bonchev–Trinajstić information content (AvgIpc) is 0.770. The molecule has 516 valence electrons. The Hall–Kier alpha value is -9.16. The highest BCUT2D eigenvalue weighted by Crippen LogP contribution is 2.45. The Bertz CT molecular complexity index is 3690. The van der Waals surface area contributed by atoms with Crippen LogP contribution in [0, 0.1) is 34.6 Å². The zero-order chi connectivity index (χ0) is 69.8. The van der Waals surface area contributed by atoms with E-state index in [-0.39, 0.29) is 39.8 Å². The largest absolute Gasteiger partial charge is 0.506 e. The van der Waals surface area contributed by atoms with Crippen LogP contribution in [0.2, 0.25) is 5.02 Å². The average molecular weight is 1330 g/mol. The van der Waals surface area contributed by atoms with Gasteiger partial charge in [-0.25, -0.2) is 14.4 Å². The summed E-state index contributed by atoms with van der Waals surface area (Å²) in [6.45, 7) is 32.0. The first kappa shape index (κ1) is 75.9. The van der Waals surface area contributed by atoms with E-state index < -0.39 is 24.0 Å². The Morgan fingerprint density at radius 2 is 1.00 bits per heavy atom. The number of phenols is 1. The molecule has 0 aliphatic rings. The molecule has 7 rings (SSSR count). The van der Waals surface area contributed by atoms with Gasteiger partial charge >= 0.3 is 18.2 Å². The van der Waals surface area contributed by atoms with Crippen molar-refractivity contribution in [3.05, 3.63) is 160 Å². The summed E-state index contributed by atoms with van der Waals surface area (Å²) in [6, 6.07) is 37.3. The van der Waals surface area contributed by atoms with Crippen LogP contribution in [0.1, 0.15) is 151 Å². The third-order valence-electron chi connectivity index (χ3n) is 16.6. The molecule has 18 nitrogen and oxygen atoms in total. The molecule has 7 aromatic rings. The molecular weight excluding hydrogens is 1230 g/mol. The van der Waals surface area contributed by atoms with E-state index in [9.17, 15) is 29.1 Å². The van der Waals surface area contributed by atoms with E-state index in [0.29, 0.717) is 90.5 Å². The third-order valence-corrected chi connectivity index (χ3v) is 17.1. The number of nitrogens with one attached hydrogen (secondary N) is 5. The molecule has 0 saturated heterocycles. The predicted octanol–water partition coefficient (Wildman–Crippen LogP) is 17.7. The molecule has 0 fully saturated rings. The van der Waals surface area contributed by atoms with E-state index >= 15 is 0 Å². The minimum atomic E-state index is -0.868. The number of phenolic OH excluding ortho intramolecular Hbond substituents is 1. The van der Waals surface area contributed by atoms with E-state index in [1.165, 1.54) is 10.5 Å². The molecule has 1 atom stereocenters. The molecule has 0 bridgehead atoms. The van der Waals surface area contributed by atoms with Gasteiger partial charge in [-0.2, -0.15) is 0 Å². The van der Waals surface area contributed by atoms with Gasteiger partial charge < -0.3 is 55.7 Å². The van der Waals surface area contributed by atoms with Crippen LogP contribution in [0.4, 0.5) is 54.2 Å². The van der Waals surface area contributed by atoms with Crippen LogP contribution in [0.15, 0.2) is 121 Å². The molecule has 7 amide bonds. The molecule has 1 unspecified atom stereocenters. The molecule has 0 heterocycles. The maximum atomic E-state index is 13.9. The number of amides is 7. The summed E-state index contributed by atoms with van der Waals surface area (Å²) in [4.78, 5) is 75.6. The number of halogens is 1. The van der Waals surface area contributed by atoms with E-state index in [2.05, 4.69) is 90.9 Å². The highest BCUT2D eigenvalue weighted by molar-refractivity contribution is 6.34. The molecule has 0 saturated carbocycles. The van der Waals surface area contributed by atoms with Gasteiger partial charge in [-0.15, -0.1) is 0 Å². The third kappa shape index (κ3) is 20.7. The summed E-state index contributed by atoms with van der Waals surface area (Å²) in [5, 5.41) is 27.2. The summed E-state index contributed by atoms with van der Waals surface area (Å²) in [7, 11) is 0. The number of carbonyl (C=O) groups excluding carboxylic acids is 5. The van der Waals surface area contributed by atoms with Gasteiger partial charge in [0, 0.05) is 74.5 Å². The fourth-order valence-corrected chi connectivity index (χ4v) is 11.3. The maximum absolute atomic E-state index is 13.9.